The molecule has 2 heterocycles. The molecule has 162 valence electrons. The van der Waals surface area contributed by atoms with Gasteiger partial charge in [-0.3, -0.25) is 9.59 Å². The zero-order chi connectivity index (χ0) is 22.0. The molecule has 0 spiro atoms. The van der Waals surface area contributed by atoms with E-state index in [9.17, 15) is 9.59 Å². The molecule has 1 aliphatic rings. The molecule has 1 N–H and O–H groups in total. The first-order valence-corrected chi connectivity index (χ1v) is 10.3. The second-order valence-corrected chi connectivity index (χ2v) is 7.54. The number of nitrogens with zero attached hydrogens (tertiary/aromatic N) is 2. The third kappa shape index (κ3) is 4.29. The molecule has 1 aromatic heterocycles. The Morgan fingerprint density at radius 3 is 2.84 bits per heavy atom. The molecule has 0 radical (unpaired) electrons. The molecular weight excluding hydrogens is 422 g/mol. The second kappa shape index (κ2) is 8.85. The van der Waals surface area contributed by atoms with E-state index in [4.69, 9.17) is 25.8 Å². The molecule has 2 aromatic carbocycles. The van der Waals surface area contributed by atoms with Crippen LogP contribution in [-0.2, 0) is 6.54 Å². The van der Waals surface area contributed by atoms with Crippen LogP contribution in [0.25, 0.3) is 10.9 Å². The van der Waals surface area contributed by atoms with E-state index in [0.29, 0.717) is 64.3 Å². The number of methoxy groups -OCH3 is 1. The van der Waals surface area contributed by atoms with E-state index in [1.165, 1.54) is 7.11 Å². The number of amides is 1. The largest absolute Gasteiger partial charge is 0.493 e. The maximum atomic E-state index is 13.3. The van der Waals surface area contributed by atoms with E-state index in [2.05, 4.69) is 9.97 Å². The summed E-state index contributed by atoms with van der Waals surface area (Å²) in [4.78, 5) is 34.7. The number of carbonyl (C=O) groups excluding carboxylic acids is 1. The Morgan fingerprint density at radius 2 is 2.06 bits per heavy atom. The molecule has 0 aliphatic carbocycles. The minimum absolute atomic E-state index is 0.140. The maximum absolute atomic E-state index is 13.3. The van der Waals surface area contributed by atoms with Crippen molar-refractivity contribution in [3.05, 3.63) is 57.1 Å². The predicted octanol–water partition coefficient (Wildman–Crippen LogP) is 3.41. The van der Waals surface area contributed by atoms with Gasteiger partial charge >= 0.3 is 0 Å². The predicted molar refractivity (Wildman–Crippen MR) is 116 cm³/mol. The molecule has 0 saturated carbocycles. The number of halogens is 1. The van der Waals surface area contributed by atoms with Crippen molar-refractivity contribution < 1.29 is 19.0 Å². The minimum Gasteiger partial charge on any atom is -0.493 e. The van der Waals surface area contributed by atoms with Crippen molar-refractivity contribution >= 4 is 28.4 Å². The first-order chi connectivity index (χ1) is 15.0. The molecule has 0 unspecified atom stereocenters. The number of ether oxygens (including phenoxy) is 3. The van der Waals surface area contributed by atoms with Crippen LogP contribution < -0.4 is 19.8 Å². The lowest BCUT2D eigenvalue weighted by Gasteiger charge is -2.24. The first kappa shape index (κ1) is 21.0. The van der Waals surface area contributed by atoms with Crippen molar-refractivity contribution in [3.8, 4) is 17.2 Å². The number of fused-ring (bicyclic) bond motifs is 2. The summed E-state index contributed by atoms with van der Waals surface area (Å²) in [6, 6.07) is 8.19. The van der Waals surface area contributed by atoms with Gasteiger partial charge in [0.2, 0.25) is 5.75 Å². The van der Waals surface area contributed by atoms with E-state index in [1.54, 1.807) is 35.2 Å². The molecule has 1 amide bonds. The van der Waals surface area contributed by atoms with Crippen LogP contribution in [0.1, 0.15) is 29.5 Å². The number of carbonyl (C=O) groups is 1. The summed E-state index contributed by atoms with van der Waals surface area (Å²) in [7, 11) is 1.51. The first-order valence-electron chi connectivity index (χ1n) is 9.95. The monoisotopic (exact) mass is 443 g/mol. The Morgan fingerprint density at radius 1 is 1.26 bits per heavy atom. The van der Waals surface area contributed by atoms with E-state index in [1.807, 2.05) is 6.92 Å². The van der Waals surface area contributed by atoms with Crippen molar-refractivity contribution in [1.82, 2.24) is 14.9 Å². The van der Waals surface area contributed by atoms with Crippen LogP contribution >= 0.6 is 11.6 Å². The number of rotatable bonds is 6. The molecule has 1 aliphatic heterocycles. The standard InChI is InChI=1S/C22H22ClN3O5/c1-3-6-26(12-19-24-16-11-14(23)4-5-15(16)21(27)25-19)22(28)13-9-17(29-2)20-18(10-13)30-7-8-31-20/h4-5,9-11H,3,6-8,12H2,1-2H3,(H,24,25,27). The number of aromatic nitrogens is 2. The Kier molecular flexibility index (Phi) is 5.99. The van der Waals surface area contributed by atoms with Crippen LogP contribution in [0, 0.1) is 0 Å². The van der Waals surface area contributed by atoms with Gasteiger partial charge in [0.15, 0.2) is 11.5 Å². The lowest BCUT2D eigenvalue weighted by molar-refractivity contribution is 0.0737. The Labute approximate surface area is 183 Å². The average Bonchev–Trinajstić information content (AvgIpc) is 2.77. The summed E-state index contributed by atoms with van der Waals surface area (Å²) in [5, 5.41) is 0.930. The summed E-state index contributed by atoms with van der Waals surface area (Å²) in [6.07, 6.45) is 0.733. The van der Waals surface area contributed by atoms with Gasteiger partial charge in [0, 0.05) is 17.1 Å². The highest BCUT2D eigenvalue weighted by atomic mass is 35.5. The summed E-state index contributed by atoms with van der Waals surface area (Å²) >= 11 is 6.05. The molecule has 4 rings (SSSR count). The zero-order valence-electron chi connectivity index (χ0n) is 17.2. The van der Waals surface area contributed by atoms with Crippen LogP contribution in [0.15, 0.2) is 35.1 Å². The van der Waals surface area contributed by atoms with E-state index >= 15 is 0 Å². The van der Waals surface area contributed by atoms with E-state index < -0.39 is 0 Å². The van der Waals surface area contributed by atoms with Crippen LogP contribution in [-0.4, -0.2) is 47.6 Å². The normalized spacial score (nSPS) is 12.6. The number of benzene rings is 2. The molecule has 0 saturated heterocycles. The highest BCUT2D eigenvalue weighted by molar-refractivity contribution is 6.31. The number of hydrogen-bond acceptors (Lipinski definition) is 6. The van der Waals surface area contributed by atoms with Crippen molar-refractivity contribution in [2.75, 3.05) is 26.9 Å². The fourth-order valence-corrected chi connectivity index (χ4v) is 3.68. The fraction of sp³-hybridized carbons (Fsp3) is 0.318. The Bertz CT molecular complexity index is 1180. The number of aromatic amines is 1. The molecule has 3 aromatic rings. The molecule has 9 heteroatoms. The molecule has 0 atom stereocenters. The van der Waals surface area contributed by atoms with Gasteiger partial charge in [-0.1, -0.05) is 18.5 Å². The van der Waals surface area contributed by atoms with Gasteiger partial charge in [0.05, 0.1) is 24.6 Å². The SMILES string of the molecule is CCCN(Cc1nc2cc(Cl)ccc2c(=O)[nH]1)C(=O)c1cc(OC)c2c(c1)OCCO2. The summed E-state index contributed by atoms with van der Waals surface area (Å²) in [6.45, 7) is 3.41. The third-order valence-corrected chi connectivity index (χ3v) is 5.15. The van der Waals surface area contributed by atoms with Gasteiger partial charge in [0.1, 0.15) is 19.0 Å². The number of hydrogen-bond donors (Lipinski definition) is 1. The van der Waals surface area contributed by atoms with Crippen molar-refractivity contribution in [1.29, 1.82) is 0 Å². The van der Waals surface area contributed by atoms with Gasteiger partial charge in [-0.15, -0.1) is 0 Å². The fourth-order valence-electron chi connectivity index (χ4n) is 3.52. The highest BCUT2D eigenvalue weighted by Gasteiger charge is 2.24. The number of H-pyrrole nitrogens is 1. The average molecular weight is 444 g/mol. The number of nitrogens with one attached hydrogen (secondary N) is 1. The van der Waals surface area contributed by atoms with E-state index in [0.717, 1.165) is 6.42 Å². The molecule has 0 fully saturated rings. The van der Waals surface area contributed by atoms with Crippen LogP contribution in [0.5, 0.6) is 17.2 Å². The van der Waals surface area contributed by atoms with Gasteiger partial charge in [0.25, 0.3) is 11.5 Å². The molecular formula is C22H22ClN3O5. The molecule has 0 bridgehead atoms. The van der Waals surface area contributed by atoms with Crippen LogP contribution in [0.3, 0.4) is 0 Å². The topological polar surface area (TPSA) is 93.8 Å². The smallest absolute Gasteiger partial charge is 0.258 e. The highest BCUT2D eigenvalue weighted by Crippen LogP contribution is 2.40. The van der Waals surface area contributed by atoms with Gasteiger partial charge < -0.3 is 24.1 Å². The summed E-state index contributed by atoms with van der Waals surface area (Å²) in [5.74, 6) is 1.54. The second-order valence-electron chi connectivity index (χ2n) is 7.10. The van der Waals surface area contributed by atoms with E-state index in [-0.39, 0.29) is 18.0 Å². The summed E-state index contributed by atoms with van der Waals surface area (Å²) in [5.41, 5.74) is 0.610. The van der Waals surface area contributed by atoms with Gasteiger partial charge in [-0.25, -0.2) is 4.98 Å². The quantitative estimate of drug-likeness (QED) is 0.627. The van der Waals surface area contributed by atoms with Crippen LogP contribution in [0.4, 0.5) is 0 Å². The van der Waals surface area contributed by atoms with Crippen molar-refractivity contribution in [3.63, 3.8) is 0 Å². The zero-order valence-corrected chi connectivity index (χ0v) is 18.0. The third-order valence-electron chi connectivity index (χ3n) is 4.91. The summed E-state index contributed by atoms with van der Waals surface area (Å²) < 4.78 is 16.6. The maximum Gasteiger partial charge on any atom is 0.258 e. The lowest BCUT2D eigenvalue weighted by Crippen LogP contribution is -2.33. The minimum atomic E-state index is -0.276. The van der Waals surface area contributed by atoms with Crippen molar-refractivity contribution in [2.45, 2.75) is 19.9 Å². The molecule has 31 heavy (non-hydrogen) atoms. The van der Waals surface area contributed by atoms with Crippen LogP contribution in [0.2, 0.25) is 5.02 Å². The molecule has 8 nitrogen and oxygen atoms in total. The Hall–Kier alpha value is -3.26. The Balaban J connectivity index is 1.67. The van der Waals surface area contributed by atoms with Gasteiger partial charge in [-0.05, 0) is 36.8 Å². The van der Waals surface area contributed by atoms with Gasteiger partial charge in [-0.2, -0.15) is 0 Å². The lowest BCUT2D eigenvalue weighted by atomic mass is 10.1. The van der Waals surface area contributed by atoms with Crippen molar-refractivity contribution in [2.24, 2.45) is 0 Å².